The van der Waals surface area contributed by atoms with Gasteiger partial charge in [0.05, 0.1) is 0 Å². The third-order valence-corrected chi connectivity index (χ3v) is 4.18. The maximum Gasteiger partial charge on any atom is 0.0369 e. The normalized spacial score (nSPS) is 17.2. The van der Waals surface area contributed by atoms with Crippen LogP contribution in [0, 0.1) is 12.8 Å². The first kappa shape index (κ1) is 14.4. The lowest BCUT2D eigenvalue weighted by atomic mass is 9.98. The van der Waals surface area contributed by atoms with Gasteiger partial charge in [-0.25, -0.2) is 0 Å². The van der Waals surface area contributed by atoms with Crippen LogP contribution in [0.2, 0.25) is 0 Å². The molecule has 0 radical (unpaired) electrons. The van der Waals surface area contributed by atoms with E-state index in [4.69, 9.17) is 0 Å². The number of nitrogens with zero attached hydrogens (tertiary/aromatic N) is 1. The molecule has 0 atom stereocenters. The molecule has 1 aromatic carbocycles. The summed E-state index contributed by atoms with van der Waals surface area (Å²) in [5.41, 5.74) is 4.23. The Morgan fingerprint density at radius 3 is 2.53 bits per heavy atom. The van der Waals surface area contributed by atoms with Crippen LogP contribution in [0.1, 0.15) is 44.7 Å². The topological polar surface area (TPSA) is 15.3 Å². The smallest absolute Gasteiger partial charge is 0.0369 e. The Balaban J connectivity index is 2.02. The standard InChI is InChI=1S/C17H28N2/c1-13(2)18-12-16-5-6-17(11-15(16)4)19-9-7-14(3)8-10-19/h5-6,11,13-14,18H,7-10,12H2,1-4H3. The summed E-state index contributed by atoms with van der Waals surface area (Å²) in [5, 5.41) is 3.49. The highest BCUT2D eigenvalue weighted by molar-refractivity contribution is 5.51. The Kier molecular flexibility index (Phi) is 4.87. The summed E-state index contributed by atoms with van der Waals surface area (Å²) < 4.78 is 0. The van der Waals surface area contributed by atoms with E-state index in [0.29, 0.717) is 6.04 Å². The van der Waals surface area contributed by atoms with Crippen molar-refractivity contribution in [1.29, 1.82) is 0 Å². The molecule has 2 heteroatoms. The highest BCUT2D eigenvalue weighted by Gasteiger charge is 2.16. The van der Waals surface area contributed by atoms with E-state index in [9.17, 15) is 0 Å². The Labute approximate surface area is 118 Å². The van der Waals surface area contributed by atoms with Crippen LogP contribution in [0.5, 0.6) is 0 Å². The zero-order valence-electron chi connectivity index (χ0n) is 12.9. The third-order valence-electron chi connectivity index (χ3n) is 4.18. The van der Waals surface area contributed by atoms with E-state index in [1.165, 1.54) is 42.7 Å². The van der Waals surface area contributed by atoms with E-state index >= 15 is 0 Å². The van der Waals surface area contributed by atoms with E-state index in [1.807, 2.05) is 0 Å². The number of piperidine rings is 1. The van der Waals surface area contributed by atoms with Crippen molar-refractivity contribution >= 4 is 5.69 Å². The Bertz CT molecular complexity index is 404. The fourth-order valence-electron chi connectivity index (χ4n) is 2.66. The van der Waals surface area contributed by atoms with Gasteiger partial charge in [-0.3, -0.25) is 0 Å². The fraction of sp³-hybridized carbons (Fsp3) is 0.647. The van der Waals surface area contributed by atoms with E-state index < -0.39 is 0 Å². The molecule has 1 N–H and O–H groups in total. The summed E-state index contributed by atoms with van der Waals surface area (Å²) >= 11 is 0. The quantitative estimate of drug-likeness (QED) is 0.887. The first-order chi connectivity index (χ1) is 9.06. The van der Waals surface area contributed by atoms with Gasteiger partial charge < -0.3 is 10.2 Å². The summed E-state index contributed by atoms with van der Waals surface area (Å²) in [6.07, 6.45) is 2.66. The van der Waals surface area contributed by atoms with Crippen molar-refractivity contribution in [3.05, 3.63) is 29.3 Å². The van der Waals surface area contributed by atoms with Gasteiger partial charge >= 0.3 is 0 Å². The molecule has 19 heavy (non-hydrogen) atoms. The zero-order chi connectivity index (χ0) is 13.8. The second kappa shape index (κ2) is 6.42. The van der Waals surface area contributed by atoms with Crippen molar-refractivity contribution in [1.82, 2.24) is 5.32 Å². The van der Waals surface area contributed by atoms with Crippen LogP contribution in [-0.2, 0) is 6.54 Å². The second-order valence-corrected chi connectivity index (χ2v) is 6.32. The van der Waals surface area contributed by atoms with E-state index in [0.717, 1.165) is 12.5 Å². The van der Waals surface area contributed by atoms with Gasteiger partial charge in [-0.1, -0.05) is 26.8 Å². The summed E-state index contributed by atoms with van der Waals surface area (Å²) in [6.45, 7) is 12.4. The molecule has 0 aromatic heterocycles. The average molecular weight is 260 g/mol. The fourth-order valence-corrected chi connectivity index (χ4v) is 2.66. The van der Waals surface area contributed by atoms with Crippen LogP contribution < -0.4 is 10.2 Å². The lowest BCUT2D eigenvalue weighted by Gasteiger charge is -2.32. The van der Waals surface area contributed by atoms with Crippen LogP contribution in [0.3, 0.4) is 0 Å². The average Bonchev–Trinajstić information content (AvgIpc) is 2.38. The van der Waals surface area contributed by atoms with Gasteiger partial charge in [0.15, 0.2) is 0 Å². The first-order valence-corrected chi connectivity index (χ1v) is 7.64. The van der Waals surface area contributed by atoms with Crippen LogP contribution in [0.15, 0.2) is 18.2 Å². The first-order valence-electron chi connectivity index (χ1n) is 7.64. The Morgan fingerprint density at radius 2 is 1.95 bits per heavy atom. The molecule has 0 bridgehead atoms. The van der Waals surface area contributed by atoms with Gasteiger partial charge in [-0.05, 0) is 48.9 Å². The van der Waals surface area contributed by atoms with Gasteiger partial charge in [0, 0.05) is 31.4 Å². The molecule has 0 unspecified atom stereocenters. The molecular formula is C17H28N2. The summed E-state index contributed by atoms with van der Waals surface area (Å²) in [7, 11) is 0. The highest BCUT2D eigenvalue weighted by Crippen LogP contribution is 2.25. The van der Waals surface area contributed by atoms with Crippen molar-refractivity contribution < 1.29 is 0 Å². The largest absolute Gasteiger partial charge is 0.372 e. The molecule has 2 rings (SSSR count). The summed E-state index contributed by atoms with van der Waals surface area (Å²) in [6, 6.07) is 7.48. The zero-order valence-corrected chi connectivity index (χ0v) is 12.9. The predicted molar refractivity (Wildman–Crippen MR) is 83.8 cm³/mol. The number of aryl methyl sites for hydroxylation is 1. The molecule has 0 amide bonds. The molecular weight excluding hydrogens is 232 g/mol. The molecule has 1 aromatic rings. The maximum atomic E-state index is 3.49. The molecule has 0 aliphatic carbocycles. The van der Waals surface area contributed by atoms with Crippen molar-refractivity contribution in [2.24, 2.45) is 5.92 Å². The highest BCUT2D eigenvalue weighted by atomic mass is 15.1. The SMILES string of the molecule is Cc1cc(N2CCC(C)CC2)ccc1CNC(C)C. The lowest BCUT2D eigenvalue weighted by molar-refractivity contribution is 0.438. The molecule has 1 heterocycles. The second-order valence-electron chi connectivity index (χ2n) is 6.32. The van der Waals surface area contributed by atoms with E-state index in [-0.39, 0.29) is 0 Å². The maximum absolute atomic E-state index is 3.49. The van der Waals surface area contributed by atoms with Gasteiger partial charge in [0.2, 0.25) is 0 Å². The molecule has 0 saturated carbocycles. The molecule has 106 valence electrons. The monoisotopic (exact) mass is 260 g/mol. The minimum absolute atomic E-state index is 0.544. The van der Waals surface area contributed by atoms with Crippen molar-refractivity contribution in [2.45, 2.75) is 53.1 Å². The lowest BCUT2D eigenvalue weighted by Crippen LogP contribution is -2.32. The third kappa shape index (κ3) is 3.97. The molecule has 1 aliphatic heterocycles. The molecule has 0 spiro atoms. The van der Waals surface area contributed by atoms with Crippen molar-refractivity contribution in [3.63, 3.8) is 0 Å². The number of nitrogens with one attached hydrogen (secondary N) is 1. The summed E-state index contributed by atoms with van der Waals surface area (Å²) in [4.78, 5) is 2.53. The number of hydrogen-bond donors (Lipinski definition) is 1. The van der Waals surface area contributed by atoms with Gasteiger partial charge in [0.1, 0.15) is 0 Å². The van der Waals surface area contributed by atoms with Gasteiger partial charge in [-0.15, -0.1) is 0 Å². The number of rotatable bonds is 4. The Morgan fingerprint density at radius 1 is 1.26 bits per heavy atom. The van der Waals surface area contributed by atoms with Gasteiger partial charge in [0.25, 0.3) is 0 Å². The molecule has 2 nitrogen and oxygen atoms in total. The minimum Gasteiger partial charge on any atom is -0.372 e. The van der Waals surface area contributed by atoms with Crippen LogP contribution in [-0.4, -0.2) is 19.1 Å². The number of anilines is 1. The van der Waals surface area contributed by atoms with Gasteiger partial charge in [-0.2, -0.15) is 0 Å². The number of hydrogen-bond acceptors (Lipinski definition) is 2. The van der Waals surface area contributed by atoms with Crippen molar-refractivity contribution in [2.75, 3.05) is 18.0 Å². The molecule has 1 fully saturated rings. The van der Waals surface area contributed by atoms with E-state index in [2.05, 4.69) is 56.1 Å². The van der Waals surface area contributed by atoms with Crippen molar-refractivity contribution in [3.8, 4) is 0 Å². The minimum atomic E-state index is 0.544. The number of benzene rings is 1. The van der Waals surface area contributed by atoms with Crippen LogP contribution in [0.25, 0.3) is 0 Å². The van der Waals surface area contributed by atoms with E-state index in [1.54, 1.807) is 0 Å². The summed E-state index contributed by atoms with van der Waals surface area (Å²) in [5.74, 6) is 0.895. The molecule has 1 saturated heterocycles. The Hall–Kier alpha value is -1.02. The predicted octanol–water partition coefficient (Wildman–Crippen LogP) is 3.73. The van der Waals surface area contributed by atoms with Crippen LogP contribution >= 0.6 is 0 Å². The molecule has 1 aliphatic rings. The van der Waals surface area contributed by atoms with Crippen LogP contribution in [0.4, 0.5) is 5.69 Å².